The molecule has 0 radical (unpaired) electrons. The molecule has 0 amide bonds. The van der Waals surface area contributed by atoms with E-state index in [-0.39, 0.29) is 11.1 Å². The molecule has 1 heterocycles. The van der Waals surface area contributed by atoms with Crippen molar-refractivity contribution in [1.29, 1.82) is 0 Å². The van der Waals surface area contributed by atoms with E-state index in [9.17, 15) is 0 Å². The molecular weight excluding hydrogens is 208 g/mol. The molecule has 0 saturated carbocycles. The van der Waals surface area contributed by atoms with Gasteiger partial charge in [0, 0.05) is 30.2 Å². The molecule has 1 saturated heterocycles. The maximum absolute atomic E-state index is 3.86. The van der Waals surface area contributed by atoms with Gasteiger partial charge in [-0.15, -0.1) is 13.2 Å². The van der Waals surface area contributed by atoms with E-state index in [0.717, 1.165) is 13.1 Å². The molecule has 1 fully saturated rings. The normalized spacial score (nSPS) is 23.6. The molecule has 0 unspecified atom stereocenters. The summed E-state index contributed by atoms with van der Waals surface area (Å²) in [5.41, 5.74) is 0.403. The summed E-state index contributed by atoms with van der Waals surface area (Å²) in [4.78, 5) is 2.48. The Morgan fingerprint density at radius 3 is 1.82 bits per heavy atom. The second-order valence-corrected chi connectivity index (χ2v) is 6.49. The molecule has 0 aromatic carbocycles. The molecule has 0 atom stereocenters. The molecule has 0 spiro atoms. The van der Waals surface area contributed by atoms with Crippen molar-refractivity contribution in [1.82, 2.24) is 10.2 Å². The summed E-state index contributed by atoms with van der Waals surface area (Å²) in [6, 6.07) is 0.609. The van der Waals surface area contributed by atoms with Crippen molar-refractivity contribution in [2.75, 3.05) is 13.1 Å². The van der Waals surface area contributed by atoms with Crippen molar-refractivity contribution in [3.63, 3.8) is 0 Å². The highest BCUT2D eigenvalue weighted by atomic mass is 15.2. The summed E-state index contributed by atoms with van der Waals surface area (Å²) >= 11 is 0. The second-order valence-electron chi connectivity index (χ2n) is 6.49. The van der Waals surface area contributed by atoms with Crippen LogP contribution in [0.1, 0.15) is 40.5 Å². The fraction of sp³-hybridized carbons (Fsp3) is 0.733. The monoisotopic (exact) mass is 236 g/mol. The van der Waals surface area contributed by atoms with Crippen LogP contribution in [0, 0.1) is 0 Å². The number of piperidine rings is 1. The first kappa shape index (κ1) is 14.5. The van der Waals surface area contributed by atoms with Gasteiger partial charge in [0.25, 0.3) is 0 Å². The van der Waals surface area contributed by atoms with Gasteiger partial charge in [-0.25, -0.2) is 0 Å². The number of hydrogen-bond donors (Lipinski definition) is 1. The van der Waals surface area contributed by atoms with Crippen LogP contribution in [0.15, 0.2) is 25.3 Å². The lowest BCUT2D eigenvalue weighted by Crippen LogP contribution is -2.62. The number of nitrogens with one attached hydrogen (secondary N) is 1. The SMILES string of the molecule is C=CCN(CC=C)C1CC(C)(C)NC(C)(C)C1. The minimum absolute atomic E-state index is 0.201. The van der Waals surface area contributed by atoms with Gasteiger partial charge in [0.05, 0.1) is 0 Å². The van der Waals surface area contributed by atoms with Gasteiger partial charge in [-0.05, 0) is 40.5 Å². The predicted molar refractivity (Wildman–Crippen MR) is 76.3 cm³/mol. The van der Waals surface area contributed by atoms with Gasteiger partial charge in [0.2, 0.25) is 0 Å². The average Bonchev–Trinajstić information content (AvgIpc) is 2.12. The molecule has 0 bridgehead atoms. The van der Waals surface area contributed by atoms with Gasteiger partial charge < -0.3 is 5.32 Å². The molecule has 0 aliphatic carbocycles. The molecule has 0 aromatic rings. The molecule has 1 aliphatic rings. The van der Waals surface area contributed by atoms with E-state index in [4.69, 9.17) is 0 Å². The third-order valence-corrected chi connectivity index (χ3v) is 3.41. The minimum atomic E-state index is 0.201. The van der Waals surface area contributed by atoms with E-state index in [1.54, 1.807) is 0 Å². The molecule has 1 aliphatic heterocycles. The first-order valence-corrected chi connectivity index (χ1v) is 6.55. The van der Waals surface area contributed by atoms with Crippen LogP contribution in [-0.4, -0.2) is 35.1 Å². The summed E-state index contributed by atoms with van der Waals surface area (Å²) in [5.74, 6) is 0. The Morgan fingerprint density at radius 1 is 1.06 bits per heavy atom. The Balaban J connectivity index is 2.79. The maximum atomic E-state index is 3.86. The summed E-state index contributed by atoms with van der Waals surface area (Å²) < 4.78 is 0. The summed E-state index contributed by atoms with van der Waals surface area (Å²) in [7, 11) is 0. The zero-order valence-corrected chi connectivity index (χ0v) is 11.9. The topological polar surface area (TPSA) is 15.3 Å². The zero-order valence-electron chi connectivity index (χ0n) is 11.9. The molecular formula is C15H28N2. The molecule has 2 heteroatoms. The van der Waals surface area contributed by atoms with Crippen molar-refractivity contribution in [3.05, 3.63) is 25.3 Å². The van der Waals surface area contributed by atoms with Crippen LogP contribution in [0.25, 0.3) is 0 Å². The van der Waals surface area contributed by atoms with Gasteiger partial charge in [-0.2, -0.15) is 0 Å². The van der Waals surface area contributed by atoms with Crippen LogP contribution in [0.5, 0.6) is 0 Å². The van der Waals surface area contributed by atoms with Crippen LogP contribution < -0.4 is 5.32 Å². The van der Waals surface area contributed by atoms with Gasteiger partial charge >= 0.3 is 0 Å². The minimum Gasteiger partial charge on any atom is -0.307 e. The zero-order chi connectivity index (χ0) is 13.1. The molecule has 0 aromatic heterocycles. The Morgan fingerprint density at radius 2 is 1.47 bits per heavy atom. The van der Waals surface area contributed by atoms with Crippen LogP contribution in [0.4, 0.5) is 0 Å². The standard InChI is InChI=1S/C15H28N2/c1-7-9-17(10-8-2)13-11-14(3,4)16-15(5,6)12-13/h7-8,13,16H,1-2,9-12H2,3-6H3. The molecule has 2 nitrogen and oxygen atoms in total. The molecule has 98 valence electrons. The molecule has 1 N–H and O–H groups in total. The lowest BCUT2D eigenvalue weighted by molar-refractivity contribution is 0.0799. The highest BCUT2D eigenvalue weighted by Gasteiger charge is 2.39. The van der Waals surface area contributed by atoms with Crippen molar-refractivity contribution < 1.29 is 0 Å². The van der Waals surface area contributed by atoms with Crippen LogP contribution in [0.3, 0.4) is 0 Å². The van der Waals surface area contributed by atoms with Gasteiger partial charge in [-0.3, -0.25) is 4.90 Å². The van der Waals surface area contributed by atoms with Crippen LogP contribution in [-0.2, 0) is 0 Å². The largest absolute Gasteiger partial charge is 0.307 e. The highest BCUT2D eigenvalue weighted by Crippen LogP contribution is 2.31. The Labute approximate surface area is 107 Å². The van der Waals surface area contributed by atoms with Crippen LogP contribution in [0.2, 0.25) is 0 Å². The maximum Gasteiger partial charge on any atom is 0.0166 e. The summed E-state index contributed by atoms with van der Waals surface area (Å²) in [6.45, 7) is 18.8. The number of rotatable bonds is 5. The van der Waals surface area contributed by atoms with E-state index in [0.29, 0.717) is 6.04 Å². The number of hydrogen-bond acceptors (Lipinski definition) is 2. The van der Waals surface area contributed by atoms with Crippen molar-refractivity contribution >= 4 is 0 Å². The third-order valence-electron chi connectivity index (χ3n) is 3.41. The fourth-order valence-corrected chi connectivity index (χ4v) is 3.23. The Kier molecular flexibility index (Phi) is 4.56. The Hall–Kier alpha value is -0.600. The lowest BCUT2D eigenvalue weighted by atomic mass is 9.79. The fourth-order valence-electron chi connectivity index (χ4n) is 3.23. The van der Waals surface area contributed by atoms with Crippen molar-refractivity contribution in [2.45, 2.75) is 57.7 Å². The lowest BCUT2D eigenvalue weighted by Gasteiger charge is -2.49. The molecule has 17 heavy (non-hydrogen) atoms. The van der Waals surface area contributed by atoms with Crippen LogP contribution >= 0.6 is 0 Å². The van der Waals surface area contributed by atoms with E-state index in [2.05, 4.69) is 51.1 Å². The average molecular weight is 236 g/mol. The quantitative estimate of drug-likeness (QED) is 0.738. The Bertz CT molecular complexity index is 253. The van der Waals surface area contributed by atoms with Gasteiger partial charge in [0.15, 0.2) is 0 Å². The third kappa shape index (κ3) is 4.29. The van der Waals surface area contributed by atoms with E-state index in [1.165, 1.54) is 12.8 Å². The first-order valence-electron chi connectivity index (χ1n) is 6.55. The van der Waals surface area contributed by atoms with Gasteiger partial charge in [0.1, 0.15) is 0 Å². The van der Waals surface area contributed by atoms with Crippen molar-refractivity contribution in [2.24, 2.45) is 0 Å². The smallest absolute Gasteiger partial charge is 0.0166 e. The van der Waals surface area contributed by atoms with E-state index >= 15 is 0 Å². The predicted octanol–water partition coefficient (Wildman–Crippen LogP) is 2.97. The second kappa shape index (κ2) is 5.36. The highest BCUT2D eigenvalue weighted by molar-refractivity contribution is 5.01. The van der Waals surface area contributed by atoms with E-state index in [1.807, 2.05) is 12.2 Å². The molecule has 1 rings (SSSR count). The summed E-state index contributed by atoms with van der Waals surface area (Å²) in [5, 5.41) is 3.72. The van der Waals surface area contributed by atoms with Gasteiger partial charge in [-0.1, -0.05) is 12.2 Å². The van der Waals surface area contributed by atoms with E-state index < -0.39 is 0 Å². The summed E-state index contributed by atoms with van der Waals surface area (Å²) in [6.07, 6.45) is 6.34. The number of nitrogens with zero attached hydrogens (tertiary/aromatic N) is 1. The van der Waals surface area contributed by atoms with Crippen molar-refractivity contribution in [3.8, 4) is 0 Å². The first-order chi connectivity index (χ1) is 7.79.